The van der Waals surface area contributed by atoms with Gasteiger partial charge in [0.1, 0.15) is 0 Å². The highest BCUT2D eigenvalue weighted by Gasteiger charge is 2.68. The van der Waals surface area contributed by atoms with E-state index in [2.05, 4.69) is 0 Å². The standard InChI is InChI=1S/C12H18O7/c1-15-9(13)5-6(10(14)16-2)8-7(5)11(17-3)19-12(8)18-4/h5-8,11-12H,1-4H3. The highest BCUT2D eigenvalue weighted by atomic mass is 16.8. The fraction of sp³-hybridized carbons (Fsp3) is 0.833. The molecule has 1 aliphatic carbocycles. The zero-order valence-corrected chi connectivity index (χ0v) is 11.3. The summed E-state index contributed by atoms with van der Waals surface area (Å²) in [5.74, 6) is -2.67. The Labute approximate surface area is 111 Å². The number of esters is 2. The van der Waals surface area contributed by atoms with Crippen molar-refractivity contribution in [1.82, 2.24) is 0 Å². The zero-order valence-electron chi connectivity index (χ0n) is 11.3. The number of methoxy groups -OCH3 is 4. The number of hydrogen-bond acceptors (Lipinski definition) is 7. The monoisotopic (exact) mass is 274 g/mol. The summed E-state index contributed by atoms with van der Waals surface area (Å²) < 4.78 is 25.4. The van der Waals surface area contributed by atoms with Gasteiger partial charge in [0, 0.05) is 26.1 Å². The van der Waals surface area contributed by atoms with Crippen molar-refractivity contribution in [2.75, 3.05) is 28.4 Å². The molecule has 0 aromatic heterocycles. The molecule has 0 spiro atoms. The number of hydrogen-bond donors (Lipinski definition) is 0. The van der Waals surface area contributed by atoms with Crippen LogP contribution in [0.25, 0.3) is 0 Å². The second-order valence-electron chi connectivity index (χ2n) is 4.60. The number of ether oxygens (including phenoxy) is 5. The highest BCUT2D eigenvalue weighted by Crippen LogP contribution is 2.56. The van der Waals surface area contributed by atoms with Crippen LogP contribution >= 0.6 is 0 Å². The van der Waals surface area contributed by atoms with Gasteiger partial charge in [0.25, 0.3) is 0 Å². The second-order valence-corrected chi connectivity index (χ2v) is 4.60. The topological polar surface area (TPSA) is 80.3 Å². The SMILES string of the molecule is COC(=O)C1C(C(=O)OC)C2C(OC)OC(OC)C12. The average Bonchev–Trinajstić information content (AvgIpc) is 2.72. The molecule has 0 amide bonds. The predicted molar refractivity (Wildman–Crippen MR) is 60.7 cm³/mol. The first-order valence-electron chi connectivity index (χ1n) is 5.97. The number of rotatable bonds is 4. The molecule has 6 atom stereocenters. The Balaban J connectivity index is 2.27. The van der Waals surface area contributed by atoms with Crippen LogP contribution in [0, 0.1) is 23.7 Å². The Morgan fingerprint density at radius 1 is 0.789 bits per heavy atom. The van der Waals surface area contributed by atoms with Crippen LogP contribution in [0.1, 0.15) is 0 Å². The van der Waals surface area contributed by atoms with Crippen molar-refractivity contribution in [2.45, 2.75) is 12.6 Å². The van der Waals surface area contributed by atoms with Gasteiger partial charge in [0.15, 0.2) is 12.6 Å². The molecule has 0 radical (unpaired) electrons. The van der Waals surface area contributed by atoms with Gasteiger partial charge >= 0.3 is 11.9 Å². The van der Waals surface area contributed by atoms with Crippen molar-refractivity contribution in [3.8, 4) is 0 Å². The van der Waals surface area contributed by atoms with Gasteiger partial charge in [0.05, 0.1) is 26.1 Å². The summed E-state index contributed by atoms with van der Waals surface area (Å²) in [6.45, 7) is 0. The van der Waals surface area contributed by atoms with Crippen LogP contribution in [0.15, 0.2) is 0 Å². The third-order valence-electron chi connectivity index (χ3n) is 3.97. The van der Waals surface area contributed by atoms with Crippen LogP contribution in [0.2, 0.25) is 0 Å². The Hall–Kier alpha value is -1.18. The van der Waals surface area contributed by atoms with Crippen molar-refractivity contribution in [3.63, 3.8) is 0 Å². The lowest BCUT2D eigenvalue weighted by atomic mass is 9.57. The molecular weight excluding hydrogens is 256 g/mol. The van der Waals surface area contributed by atoms with Crippen LogP contribution in [-0.4, -0.2) is 53.0 Å². The van der Waals surface area contributed by atoms with Gasteiger partial charge in [-0.1, -0.05) is 0 Å². The maximum absolute atomic E-state index is 11.8. The Kier molecular flexibility index (Phi) is 4.07. The van der Waals surface area contributed by atoms with Crippen molar-refractivity contribution in [1.29, 1.82) is 0 Å². The summed E-state index contributed by atoms with van der Waals surface area (Å²) in [5.41, 5.74) is 0. The van der Waals surface area contributed by atoms with E-state index in [1.54, 1.807) is 0 Å². The molecule has 2 rings (SSSR count). The molecule has 1 heterocycles. The van der Waals surface area contributed by atoms with Crippen molar-refractivity contribution in [2.24, 2.45) is 23.7 Å². The minimum absolute atomic E-state index is 0.258. The smallest absolute Gasteiger partial charge is 0.310 e. The summed E-state index contributed by atoms with van der Waals surface area (Å²) in [5, 5.41) is 0. The highest BCUT2D eigenvalue weighted by molar-refractivity contribution is 5.85. The minimum atomic E-state index is -0.618. The van der Waals surface area contributed by atoms with E-state index in [4.69, 9.17) is 23.7 Å². The van der Waals surface area contributed by atoms with Gasteiger partial charge in [-0.25, -0.2) is 0 Å². The Morgan fingerprint density at radius 2 is 1.16 bits per heavy atom. The van der Waals surface area contributed by atoms with Gasteiger partial charge in [-0.15, -0.1) is 0 Å². The van der Waals surface area contributed by atoms with Gasteiger partial charge in [-0.3, -0.25) is 9.59 Å². The molecule has 0 aromatic carbocycles. The molecule has 7 heteroatoms. The van der Waals surface area contributed by atoms with E-state index in [0.29, 0.717) is 0 Å². The molecule has 0 aromatic rings. The number of fused-ring (bicyclic) bond motifs is 1. The second kappa shape index (κ2) is 5.44. The number of carbonyl (C=O) groups excluding carboxylic acids is 2. The van der Waals surface area contributed by atoms with Crippen molar-refractivity contribution < 1.29 is 33.3 Å². The first-order valence-corrected chi connectivity index (χ1v) is 5.97. The lowest BCUT2D eigenvalue weighted by molar-refractivity contribution is -0.195. The van der Waals surface area contributed by atoms with Gasteiger partial charge in [0.2, 0.25) is 0 Å². The fourth-order valence-corrected chi connectivity index (χ4v) is 3.13. The Morgan fingerprint density at radius 3 is 1.42 bits per heavy atom. The molecule has 1 aliphatic heterocycles. The largest absolute Gasteiger partial charge is 0.469 e. The summed E-state index contributed by atoms with van der Waals surface area (Å²) in [7, 11) is 5.55. The molecule has 1 saturated heterocycles. The third kappa shape index (κ3) is 2.01. The first-order chi connectivity index (χ1) is 9.10. The minimum Gasteiger partial charge on any atom is -0.469 e. The van der Waals surface area contributed by atoms with E-state index in [-0.39, 0.29) is 11.8 Å². The van der Waals surface area contributed by atoms with Crippen molar-refractivity contribution >= 4 is 11.9 Å². The third-order valence-corrected chi connectivity index (χ3v) is 3.97. The normalized spacial score (nSPS) is 40.2. The summed E-state index contributed by atoms with van der Waals surface area (Å²) in [6.07, 6.45) is -1.17. The maximum Gasteiger partial charge on any atom is 0.310 e. The van der Waals surface area contributed by atoms with Crippen LogP contribution in [-0.2, 0) is 33.3 Å². The van der Waals surface area contributed by atoms with E-state index in [1.807, 2.05) is 0 Å². The molecule has 19 heavy (non-hydrogen) atoms. The Bertz CT molecular complexity index is 335. The van der Waals surface area contributed by atoms with E-state index >= 15 is 0 Å². The van der Waals surface area contributed by atoms with Gasteiger partial charge in [-0.05, 0) is 0 Å². The molecule has 108 valence electrons. The molecular formula is C12H18O7. The van der Waals surface area contributed by atoms with Crippen LogP contribution in [0.3, 0.4) is 0 Å². The fourth-order valence-electron chi connectivity index (χ4n) is 3.13. The molecule has 0 bridgehead atoms. The zero-order chi connectivity index (χ0) is 14.2. The maximum atomic E-state index is 11.8. The molecule has 7 nitrogen and oxygen atoms in total. The number of carbonyl (C=O) groups is 2. The van der Waals surface area contributed by atoms with Crippen LogP contribution < -0.4 is 0 Å². The van der Waals surface area contributed by atoms with Gasteiger partial charge < -0.3 is 23.7 Å². The van der Waals surface area contributed by atoms with Crippen LogP contribution in [0.4, 0.5) is 0 Å². The molecule has 6 unspecified atom stereocenters. The lowest BCUT2D eigenvalue weighted by Crippen LogP contribution is -2.57. The van der Waals surface area contributed by atoms with E-state index in [0.717, 1.165) is 0 Å². The quantitative estimate of drug-likeness (QED) is 0.656. The van der Waals surface area contributed by atoms with E-state index in [1.165, 1.54) is 28.4 Å². The molecule has 1 saturated carbocycles. The van der Waals surface area contributed by atoms with Crippen molar-refractivity contribution in [3.05, 3.63) is 0 Å². The molecule has 0 N–H and O–H groups in total. The average molecular weight is 274 g/mol. The molecule has 2 aliphatic rings. The summed E-state index contributed by atoms with van der Waals surface area (Å²) >= 11 is 0. The summed E-state index contributed by atoms with van der Waals surface area (Å²) in [6, 6.07) is 0. The first kappa shape index (κ1) is 14.2. The van der Waals surface area contributed by atoms with Crippen LogP contribution in [0.5, 0.6) is 0 Å². The lowest BCUT2D eigenvalue weighted by Gasteiger charge is -2.45. The predicted octanol–water partition coefficient (Wildman–Crippen LogP) is -0.214. The van der Waals surface area contributed by atoms with Gasteiger partial charge in [-0.2, -0.15) is 0 Å². The van der Waals surface area contributed by atoms with E-state index < -0.39 is 36.4 Å². The van der Waals surface area contributed by atoms with E-state index in [9.17, 15) is 9.59 Å². The molecule has 2 fully saturated rings. The summed E-state index contributed by atoms with van der Waals surface area (Å²) in [4.78, 5) is 23.7.